The van der Waals surface area contributed by atoms with Gasteiger partial charge in [-0.25, -0.2) is 4.79 Å². The van der Waals surface area contributed by atoms with Gasteiger partial charge < -0.3 is 4.74 Å². The van der Waals surface area contributed by atoms with Crippen molar-refractivity contribution in [2.75, 3.05) is 6.61 Å². The van der Waals surface area contributed by atoms with Crippen LogP contribution in [0.4, 0.5) is 4.79 Å². The standard InChI is InChI=1S/C7H9NO2.ClH/c1-2-10-7(9)8-5-3-4-6-8;/h3-6H,2H2,1H3;1H. The number of carbonyl (C=O) groups is 1. The van der Waals surface area contributed by atoms with E-state index in [1.165, 1.54) is 4.57 Å². The van der Waals surface area contributed by atoms with Crippen LogP contribution in [0.15, 0.2) is 24.5 Å². The summed E-state index contributed by atoms with van der Waals surface area (Å²) in [6.07, 6.45) is 2.98. The van der Waals surface area contributed by atoms with Gasteiger partial charge in [-0.3, -0.25) is 4.57 Å². The van der Waals surface area contributed by atoms with E-state index in [0.717, 1.165) is 0 Å². The molecule has 0 saturated heterocycles. The average molecular weight is 176 g/mol. The predicted octanol–water partition coefficient (Wildman–Crippen LogP) is 1.91. The van der Waals surface area contributed by atoms with Gasteiger partial charge in [0.2, 0.25) is 0 Å². The van der Waals surface area contributed by atoms with E-state index in [1.807, 2.05) is 0 Å². The van der Waals surface area contributed by atoms with E-state index in [2.05, 4.69) is 0 Å². The SMILES string of the molecule is CCOC(=O)n1cccc1.Cl. The molecule has 0 fully saturated rings. The van der Waals surface area contributed by atoms with Gasteiger partial charge in [-0.05, 0) is 19.1 Å². The highest BCUT2D eigenvalue weighted by atomic mass is 35.5. The van der Waals surface area contributed by atoms with Crippen molar-refractivity contribution in [3.8, 4) is 0 Å². The van der Waals surface area contributed by atoms with Crippen LogP contribution in [0.5, 0.6) is 0 Å². The van der Waals surface area contributed by atoms with E-state index >= 15 is 0 Å². The molecule has 0 aliphatic carbocycles. The van der Waals surface area contributed by atoms with Crippen molar-refractivity contribution in [2.45, 2.75) is 6.92 Å². The molecule has 62 valence electrons. The van der Waals surface area contributed by atoms with Crippen molar-refractivity contribution in [3.63, 3.8) is 0 Å². The summed E-state index contributed by atoms with van der Waals surface area (Å²) < 4.78 is 6.10. The number of hydrogen-bond donors (Lipinski definition) is 0. The maximum absolute atomic E-state index is 10.8. The van der Waals surface area contributed by atoms with E-state index in [4.69, 9.17) is 4.74 Å². The van der Waals surface area contributed by atoms with Gasteiger partial charge >= 0.3 is 6.09 Å². The van der Waals surface area contributed by atoms with Crippen molar-refractivity contribution in [1.82, 2.24) is 4.57 Å². The average Bonchev–Trinajstić information content (AvgIpc) is 2.38. The molecule has 1 aromatic rings. The molecule has 4 heteroatoms. The third-order valence-electron chi connectivity index (χ3n) is 1.08. The van der Waals surface area contributed by atoms with Crippen LogP contribution in [0.1, 0.15) is 6.92 Å². The van der Waals surface area contributed by atoms with Crippen molar-refractivity contribution < 1.29 is 9.53 Å². The monoisotopic (exact) mass is 175 g/mol. The molecule has 0 amide bonds. The Kier molecular flexibility index (Phi) is 4.38. The number of hydrogen-bond acceptors (Lipinski definition) is 2. The smallest absolute Gasteiger partial charge is 0.417 e. The summed E-state index contributed by atoms with van der Waals surface area (Å²) >= 11 is 0. The lowest BCUT2D eigenvalue weighted by atomic mass is 10.7. The molecule has 0 aliphatic heterocycles. The van der Waals surface area contributed by atoms with Crippen LogP contribution < -0.4 is 0 Å². The van der Waals surface area contributed by atoms with Crippen molar-refractivity contribution in [1.29, 1.82) is 0 Å². The molecule has 0 atom stereocenters. The van der Waals surface area contributed by atoms with E-state index < -0.39 is 0 Å². The Balaban J connectivity index is 0.000001000. The predicted molar refractivity (Wildman–Crippen MR) is 44.1 cm³/mol. The second-order valence-corrected chi connectivity index (χ2v) is 1.79. The first-order chi connectivity index (χ1) is 4.84. The van der Waals surface area contributed by atoms with Gasteiger partial charge in [-0.2, -0.15) is 0 Å². The molecule has 0 radical (unpaired) electrons. The van der Waals surface area contributed by atoms with Crippen molar-refractivity contribution in [3.05, 3.63) is 24.5 Å². The second-order valence-electron chi connectivity index (χ2n) is 1.79. The minimum absolute atomic E-state index is 0. The Hall–Kier alpha value is -0.960. The third-order valence-corrected chi connectivity index (χ3v) is 1.08. The highest BCUT2D eigenvalue weighted by Gasteiger charge is 1.99. The van der Waals surface area contributed by atoms with Crippen LogP contribution in [0.2, 0.25) is 0 Å². The third kappa shape index (κ3) is 2.63. The Bertz CT molecular complexity index is 208. The first-order valence-electron chi connectivity index (χ1n) is 3.14. The van der Waals surface area contributed by atoms with E-state index in [1.54, 1.807) is 31.5 Å². The number of halogens is 1. The van der Waals surface area contributed by atoms with Gasteiger partial charge in [0.05, 0.1) is 6.61 Å². The van der Waals surface area contributed by atoms with Crippen LogP contribution in [-0.4, -0.2) is 17.3 Å². The Morgan fingerprint density at radius 1 is 1.45 bits per heavy atom. The normalized spacial score (nSPS) is 8.45. The zero-order valence-corrected chi connectivity index (χ0v) is 7.00. The molecule has 11 heavy (non-hydrogen) atoms. The molecule has 0 unspecified atom stereocenters. The fourth-order valence-electron chi connectivity index (χ4n) is 0.654. The lowest BCUT2D eigenvalue weighted by Crippen LogP contribution is -2.10. The maximum Gasteiger partial charge on any atom is 0.417 e. The summed E-state index contributed by atoms with van der Waals surface area (Å²) in [4.78, 5) is 10.8. The van der Waals surface area contributed by atoms with Gasteiger partial charge in [0.15, 0.2) is 0 Å². The van der Waals surface area contributed by atoms with E-state index in [0.29, 0.717) is 6.61 Å². The molecule has 0 spiro atoms. The lowest BCUT2D eigenvalue weighted by molar-refractivity contribution is 0.154. The maximum atomic E-state index is 10.8. The molecule has 0 aromatic carbocycles. The lowest BCUT2D eigenvalue weighted by Gasteiger charge is -1.99. The molecule has 0 saturated carbocycles. The summed E-state index contributed by atoms with van der Waals surface area (Å²) in [6, 6.07) is 3.55. The Morgan fingerprint density at radius 2 is 2.00 bits per heavy atom. The molecule has 1 heterocycles. The quantitative estimate of drug-likeness (QED) is 0.653. The molecule has 1 aromatic heterocycles. The van der Waals surface area contributed by atoms with Crippen LogP contribution in [0.25, 0.3) is 0 Å². The number of nitrogens with zero attached hydrogens (tertiary/aromatic N) is 1. The topological polar surface area (TPSA) is 31.2 Å². The summed E-state index contributed by atoms with van der Waals surface area (Å²) in [6.45, 7) is 2.19. The number of aromatic nitrogens is 1. The molecule has 0 bridgehead atoms. The molecule has 1 rings (SSSR count). The zero-order chi connectivity index (χ0) is 7.40. The Morgan fingerprint density at radius 3 is 2.45 bits per heavy atom. The summed E-state index contributed by atoms with van der Waals surface area (Å²) in [5.41, 5.74) is 0. The molecule has 0 aliphatic rings. The van der Waals surface area contributed by atoms with Crippen LogP contribution in [0.3, 0.4) is 0 Å². The molecular formula is C7H10ClNO2. The fourth-order valence-corrected chi connectivity index (χ4v) is 0.654. The number of rotatable bonds is 1. The summed E-state index contributed by atoms with van der Waals surface area (Å²) in [7, 11) is 0. The van der Waals surface area contributed by atoms with E-state index in [9.17, 15) is 4.79 Å². The number of carbonyl (C=O) groups excluding carboxylic acids is 1. The summed E-state index contributed by atoms with van der Waals surface area (Å²) in [5.74, 6) is 0. The highest BCUT2D eigenvalue weighted by Crippen LogP contribution is 1.91. The van der Waals surface area contributed by atoms with Gasteiger partial charge in [0, 0.05) is 12.4 Å². The number of ether oxygens (including phenoxy) is 1. The van der Waals surface area contributed by atoms with Crippen molar-refractivity contribution >= 4 is 18.5 Å². The zero-order valence-electron chi connectivity index (χ0n) is 6.19. The second kappa shape index (κ2) is 4.79. The van der Waals surface area contributed by atoms with E-state index in [-0.39, 0.29) is 18.5 Å². The van der Waals surface area contributed by atoms with Gasteiger partial charge in [0.25, 0.3) is 0 Å². The first kappa shape index (κ1) is 10.0. The van der Waals surface area contributed by atoms with Crippen LogP contribution in [-0.2, 0) is 4.74 Å². The largest absolute Gasteiger partial charge is 0.449 e. The minimum atomic E-state index is -0.326. The van der Waals surface area contributed by atoms with Crippen molar-refractivity contribution in [2.24, 2.45) is 0 Å². The molecule has 3 nitrogen and oxygen atoms in total. The highest BCUT2D eigenvalue weighted by molar-refractivity contribution is 5.85. The molecular weight excluding hydrogens is 166 g/mol. The van der Waals surface area contributed by atoms with Gasteiger partial charge in [-0.1, -0.05) is 0 Å². The first-order valence-corrected chi connectivity index (χ1v) is 3.14. The van der Waals surface area contributed by atoms with Gasteiger partial charge in [0.1, 0.15) is 0 Å². The summed E-state index contributed by atoms with van der Waals surface area (Å²) in [5, 5.41) is 0. The Labute approximate surface area is 71.4 Å². The fraction of sp³-hybridized carbons (Fsp3) is 0.286. The molecule has 0 N–H and O–H groups in total. The van der Waals surface area contributed by atoms with Gasteiger partial charge in [-0.15, -0.1) is 12.4 Å². The van der Waals surface area contributed by atoms with Crippen LogP contribution in [0, 0.1) is 0 Å². The van der Waals surface area contributed by atoms with Crippen LogP contribution >= 0.6 is 12.4 Å². The minimum Gasteiger partial charge on any atom is -0.449 e.